The Morgan fingerprint density at radius 2 is 2.04 bits per heavy atom. The van der Waals surface area contributed by atoms with E-state index in [4.69, 9.17) is 0 Å². The molecule has 3 aromatic rings. The highest BCUT2D eigenvalue weighted by molar-refractivity contribution is 7.14. The lowest BCUT2D eigenvalue weighted by Gasteiger charge is -2.07. The van der Waals surface area contributed by atoms with Crippen LogP contribution >= 0.6 is 11.3 Å². The molecular formula is C16H17N5O2S. The van der Waals surface area contributed by atoms with Gasteiger partial charge in [-0.15, -0.1) is 11.3 Å². The number of carbonyl (C=O) groups excluding carboxylic acids is 2. The van der Waals surface area contributed by atoms with Crippen LogP contribution in [0.2, 0.25) is 0 Å². The van der Waals surface area contributed by atoms with Crippen molar-refractivity contribution < 1.29 is 9.59 Å². The molecule has 0 aliphatic carbocycles. The average molecular weight is 343 g/mol. The molecule has 0 spiro atoms. The Balaban J connectivity index is 1.61. The van der Waals surface area contributed by atoms with Crippen molar-refractivity contribution in [3.8, 4) is 0 Å². The molecule has 0 saturated carbocycles. The lowest BCUT2D eigenvalue weighted by molar-refractivity contribution is -0.114. The summed E-state index contributed by atoms with van der Waals surface area (Å²) in [5.41, 5.74) is 2.29. The van der Waals surface area contributed by atoms with Gasteiger partial charge in [0.2, 0.25) is 5.91 Å². The maximum Gasteiger partial charge on any atom is 0.270 e. The van der Waals surface area contributed by atoms with Crippen molar-refractivity contribution in [2.24, 2.45) is 0 Å². The van der Waals surface area contributed by atoms with Crippen molar-refractivity contribution >= 4 is 39.3 Å². The Morgan fingerprint density at radius 1 is 1.25 bits per heavy atom. The first kappa shape index (κ1) is 16.1. The molecule has 0 saturated heterocycles. The number of nitrogens with zero attached hydrogens (tertiary/aromatic N) is 3. The molecule has 0 aliphatic rings. The number of carbonyl (C=O) groups is 2. The molecule has 8 heteroatoms. The van der Waals surface area contributed by atoms with Crippen LogP contribution in [0.3, 0.4) is 0 Å². The van der Waals surface area contributed by atoms with Gasteiger partial charge in [0, 0.05) is 25.4 Å². The Kier molecular flexibility index (Phi) is 4.57. The Labute approximate surface area is 142 Å². The van der Waals surface area contributed by atoms with E-state index in [1.807, 2.05) is 31.2 Å². The molecule has 0 unspecified atom stereocenters. The van der Waals surface area contributed by atoms with E-state index in [0.717, 1.165) is 16.9 Å². The van der Waals surface area contributed by atoms with Crippen molar-refractivity contribution in [3.05, 3.63) is 41.2 Å². The van der Waals surface area contributed by atoms with Gasteiger partial charge in [0.25, 0.3) is 5.91 Å². The van der Waals surface area contributed by atoms with E-state index in [2.05, 4.69) is 25.2 Å². The second-order valence-corrected chi connectivity index (χ2v) is 6.13. The normalized spacial score (nSPS) is 10.8. The maximum atomic E-state index is 12.1. The summed E-state index contributed by atoms with van der Waals surface area (Å²) in [7, 11) is 0. The van der Waals surface area contributed by atoms with Crippen molar-refractivity contribution in [1.82, 2.24) is 19.9 Å². The van der Waals surface area contributed by atoms with Crippen LogP contribution < -0.4 is 10.6 Å². The van der Waals surface area contributed by atoms with E-state index >= 15 is 0 Å². The van der Waals surface area contributed by atoms with E-state index in [1.165, 1.54) is 18.3 Å². The Bertz CT molecular complexity index is 899. The van der Waals surface area contributed by atoms with Crippen LogP contribution in [-0.2, 0) is 11.3 Å². The van der Waals surface area contributed by atoms with E-state index in [1.54, 1.807) is 5.38 Å². The lowest BCUT2D eigenvalue weighted by atomic mass is 10.3. The molecular weight excluding hydrogens is 326 g/mol. The van der Waals surface area contributed by atoms with Crippen LogP contribution in [0.15, 0.2) is 29.6 Å². The molecule has 2 aromatic heterocycles. The predicted molar refractivity (Wildman–Crippen MR) is 93.2 cm³/mol. The summed E-state index contributed by atoms with van der Waals surface area (Å²) in [6, 6.07) is 7.90. The van der Waals surface area contributed by atoms with Gasteiger partial charge in [-0.3, -0.25) is 9.59 Å². The van der Waals surface area contributed by atoms with Gasteiger partial charge in [-0.1, -0.05) is 12.1 Å². The number of aromatic nitrogens is 3. The van der Waals surface area contributed by atoms with Crippen molar-refractivity contribution in [2.45, 2.75) is 20.4 Å². The first-order valence-corrected chi connectivity index (χ1v) is 8.36. The third kappa shape index (κ3) is 3.43. The number of nitrogens with one attached hydrogen (secondary N) is 2. The van der Waals surface area contributed by atoms with Gasteiger partial charge in [-0.25, -0.2) is 9.97 Å². The van der Waals surface area contributed by atoms with Gasteiger partial charge in [0.15, 0.2) is 5.13 Å². The smallest absolute Gasteiger partial charge is 0.270 e. The number of fused-ring (bicyclic) bond motifs is 1. The molecule has 1 aromatic carbocycles. The second kappa shape index (κ2) is 6.79. The Hall–Kier alpha value is -2.74. The molecule has 2 amide bonds. The molecule has 24 heavy (non-hydrogen) atoms. The average Bonchev–Trinajstić information content (AvgIpc) is 3.11. The van der Waals surface area contributed by atoms with Crippen LogP contribution in [0.5, 0.6) is 0 Å². The summed E-state index contributed by atoms with van der Waals surface area (Å²) in [5, 5.41) is 7.45. The highest BCUT2D eigenvalue weighted by Gasteiger charge is 2.12. The zero-order valence-electron chi connectivity index (χ0n) is 13.4. The number of anilines is 1. The highest BCUT2D eigenvalue weighted by Crippen LogP contribution is 2.16. The number of para-hydroxylation sites is 2. The fourth-order valence-corrected chi connectivity index (χ4v) is 3.17. The number of imidazole rings is 1. The number of benzene rings is 1. The minimum Gasteiger partial charge on any atom is -0.349 e. The maximum absolute atomic E-state index is 12.1. The van der Waals surface area contributed by atoms with Crippen LogP contribution in [0, 0.1) is 6.92 Å². The zero-order chi connectivity index (χ0) is 17.1. The largest absolute Gasteiger partial charge is 0.349 e. The first-order chi connectivity index (χ1) is 11.5. The second-order valence-electron chi connectivity index (χ2n) is 5.27. The third-order valence-electron chi connectivity index (χ3n) is 3.49. The summed E-state index contributed by atoms with van der Waals surface area (Å²) in [4.78, 5) is 31.7. The van der Waals surface area contributed by atoms with E-state index in [9.17, 15) is 9.59 Å². The van der Waals surface area contributed by atoms with Crippen molar-refractivity contribution in [1.29, 1.82) is 0 Å². The number of amides is 2. The SMILES string of the molecule is CC(=O)Nc1nc(C(=O)NCCn2c(C)nc3ccccc32)cs1. The van der Waals surface area contributed by atoms with Crippen LogP contribution in [0.25, 0.3) is 11.0 Å². The topological polar surface area (TPSA) is 88.9 Å². The molecule has 0 bridgehead atoms. The summed E-state index contributed by atoms with van der Waals surface area (Å²) < 4.78 is 2.07. The van der Waals surface area contributed by atoms with E-state index < -0.39 is 0 Å². The fraction of sp³-hybridized carbons (Fsp3) is 0.250. The number of thiazole rings is 1. The predicted octanol–water partition coefficient (Wildman–Crippen LogP) is 2.19. The number of rotatable bonds is 5. The summed E-state index contributed by atoms with van der Waals surface area (Å²) in [6.45, 7) is 4.44. The fourth-order valence-electron chi connectivity index (χ4n) is 2.44. The van der Waals surface area contributed by atoms with Gasteiger partial charge >= 0.3 is 0 Å². The molecule has 7 nitrogen and oxygen atoms in total. The molecule has 2 N–H and O–H groups in total. The number of hydrogen-bond acceptors (Lipinski definition) is 5. The minimum atomic E-state index is -0.259. The quantitative estimate of drug-likeness (QED) is 0.743. The van der Waals surface area contributed by atoms with Crippen molar-refractivity contribution in [3.63, 3.8) is 0 Å². The standard InChI is InChI=1S/C16H17N5O2S/c1-10-18-12-5-3-4-6-14(12)21(10)8-7-17-15(23)13-9-24-16(20-13)19-11(2)22/h3-6,9H,7-8H2,1-2H3,(H,17,23)(H,19,20,22). The zero-order valence-corrected chi connectivity index (χ0v) is 14.2. The Morgan fingerprint density at radius 3 is 2.83 bits per heavy atom. The number of aryl methyl sites for hydroxylation is 1. The molecule has 2 heterocycles. The lowest BCUT2D eigenvalue weighted by Crippen LogP contribution is -2.27. The monoisotopic (exact) mass is 343 g/mol. The minimum absolute atomic E-state index is 0.209. The third-order valence-corrected chi connectivity index (χ3v) is 4.24. The van der Waals surface area contributed by atoms with E-state index in [0.29, 0.717) is 23.9 Å². The number of hydrogen-bond donors (Lipinski definition) is 2. The van der Waals surface area contributed by atoms with Crippen LogP contribution in [-0.4, -0.2) is 32.9 Å². The molecule has 0 aliphatic heterocycles. The molecule has 3 rings (SSSR count). The van der Waals surface area contributed by atoms with E-state index in [-0.39, 0.29) is 11.8 Å². The molecule has 0 fully saturated rings. The van der Waals surface area contributed by atoms with Gasteiger partial charge in [0.1, 0.15) is 11.5 Å². The van der Waals surface area contributed by atoms with Gasteiger partial charge in [-0.05, 0) is 19.1 Å². The van der Waals surface area contributed by atoms with Gasteiger partial charge in [0.05, 0.1) is 11.0 Å². The molecule has 124 valence electrons. The van der Waals surface area contributed by atoms with Gasteiger partial charge in [-0.2, -0.15) is 0 Å². The molecule has 0 radical (unpaired) electrons. The first-order valence-electron chi connectivity index (χ1n) is 7.48. The summed E-state index contributed by atoms with van der Waals surface area (Å²) >= 11 is 1.22. The van der Waals surface area contributed by atoms with Crippen LogP contribution in [0.4, 0.5) is 5.13 Å². The van der Waals surface area contributed by atoms with Gasteiger partial charge < -0.3 is 15.2 Å². The summed E-state index contributed by atoms with van der Waals surface area (Å²) in [5.74, 6) is 0.441. The van der Waals surface area contributed by atoms with Crippen molar-refractivity contribution in [2.75, 3.05) is 11.9 Å². The highest BCUT2D eigenvalue weighted by atomic mass is 32.1. The molecule has 0 atom stereocenters. The summed E-state index contributed by atoms with van der Waals surface area (Å²) in [6.07, 6.45) is 0. The van der Waals surface area contributed by atoms with Crippen LogP contribution in [0.1, 0.15) is 23.2 Å².